The molecule has 31 heavy (non-hydrogen) atoms. The van der Waals surface area contributed by atoms with Crippen LogP contribution in [0.2, 0.25) is 0 Å². The van der Waals surface area contributed by atoms with E-state index in [0.29, 0.717) is 37.6 Å². The summed E-state index contributed by atoms with van der Waals surface area (Å²) >= 11 is 0. The quantitative estimate of drug-likeness (QED) is 0.615. The van der Waals surface area contributed by atoms with Gasteiger partial charge in [0.1, 0.15) is 12.6 Å². The van der Waals surface area contributed by atoms with Gasteiger partial charge in [-0.05, 0) is 30.7 Å². The Bertz CT molecular complexity index is 1080. The number of amides is 2. The van der Waals surface area contributed by atoms with Gasteiger partial charge in [0.2, 0.25) is 11.8 Å². The second-order valence-electron chi connectivity index (χ2n) is 7.69. The maximum atomic E-state index is 13.4. The molecule has 0 unspecified atom stereocenters. The van der Waals surface area contributed by atoms with E-state index in [9.17, 15) is 9.59 Å². The minimum Gasteiger partial charge on any atom is -0.486 e. The Morgan fingerprint density at radius 2 is 1.90 bits per heavy atom. The lowest BCUT2D eigenvalue weighted by molar-refractivity contribution is -0.137. The number of benzene rings is 2. The molecule has 0 aliphatic carbocycles. The second kappa shape index (κ2) is 9.12. The van der Waals surface area contributed by atoms with Crippen molar-refractivity contribution >= 4 is 22.7 Å². The van der Waals surface area contributed by atoms with Crippen LogP contribution < -0.4 is 14.8 Å². The SMILES string of the molecule is CCN(C[C@@H]1COc2ccccc2O1)C(=O)[C@H](Cc1c[nH]c2ccccc12)NC(C)=O. The summed E-state index contributed by atoms with van der Waals surface area (Å²) in [6.45, 7) is 4.61. The molecular formula is C24H27N3O4. The third kappa shape index (κ3) is 4.66. The Kier molecular flexibility index (Phi) is 6.11. The number of H-pyrrole nitrogens is 1. The molecule has 7 nitrogen and oxygen atoms in total. The van der Waals surface area contributed by atoms with Crippen molar-refractivity contribution in [3.63, 3.8) is 0 Å². The van der Waals surface area contributed by atoms with Gasteiger partial charge < -0.3 is 24.7 Å². The molecule has 4 rings (SSSR count). The number of hydrogen-bond donors (Lipinski definition) is 2. The number of fused-ring (bicyclic) bond motifs is 2. The molecule has 1 aliphatic rings. The summed E-state index contributed by atoms with van der Waals surface area (Å²) in [5.41, 5.74) is 2.00. The number of nitrogens with one attached hydrogen (secondary N) is 2. The molecule has 2 aromatic carbocycles. The maximum Gasteiger partial charge on any atom is 0.245 e. The summed E-state index contributed by atoms with van der Waals surface area (Å²) in [5.74, 6) is 1.02. The van der Waals surface area contributed by atoms with Crippen molar-refractivity contribution in [3.8, 4) is 11.5 Å². The van der Waals surface area contributed by atoms with Gasteiger partial charge in [-0.1, -0.05) is 30.3 Å². The highest BCUT2D eigenvalue weighted by molar-refractivity contribution is 5.89. The summed E-state index contributed by atoms with van der Waals surface area (Å²) < 4.78 is 11.8. The van der Waals surface area contributed by atoms with Crippen LogP contribution in [0.1, 0.15) is 19.4 Å². The van der Waals surface area contributed by atoms with E-state index in [1.807, 2.05) is 61.7 Å². The lowest BCUT2D eigenvalue weighted by Crippen LogP contribution is -2.52. The van der Waals surface area contributed by atoms with Crippen molar-refractivity contribution < 1.29 is 19.1 Å². The number of likely N-dealkylation sites (N-methyl/N-ethyl adjacent to an activating group) is 1. The van der Waals surface area contributed by atoms with E-state index in [4.69, 9.17) is 9.47 Å². The number of carbonyl (C=O) groups is 2. The topological polar surface area (TPSA) is 83.7 Å². The number of nitrogens with zero attached hydrogens (tertiary/aromatic N) is 1. The number of ether oxygens (including phenoxy) is 2. The Hall–Kier alpha value is -3.48. The van der Waals surface area contributed by atoms with Gasteiger partial charge in [0, 0.05) is 37.0 Å². The highest BCUT2D eigenvalue weighted by Crippen LogP contribution is 2.31. The van der Waals surface area contributed by atoms with E-state index in [2.05, 4.69) is 10.3 Å². The first kappa shape index (κ1) is 20.8. The fourth-order valence-corrected chi connectivity index (χ4v) is 3.96. The van der Waals surface area contributed by atoms with Gasteiger partial charge in [-0.3, -0.25) is 9.59 Å². The Balaban J connectivity index is 1.49. The van der Waals surface area contributed by atoms with Crippen LogP contribution in [0.15, 0.2) is 54.7 Å². The van der Waals surface area contributed by atoms with E-state index in [0.717, 1.165) is 16.5 Å². The van der Waals surface area contributed by atoms with Gasteiger partial charge in [0.05, 0.1) is 6.54 Å². The number of hydrogen-bond acceptors (Lipinski definition) is 4. The summed E-state index contributed by atoms with van der Waals surface area (Å²) in [6.07, 6.45) is 2.03. The van der Waals surface area contributed by atoms with Crippen molar-refractivity contribution in [2.24, 2.45) is 0 Å². The third-order valence-electron chi connectivity index (χ3n) is 5.46. The normalized spacial score (nSPS) is 16.0. The first-order valence-electron chi connectivity index (χ1n) is 10.5. The molecule has 0 spiro atoms. The molecule has 0 saturated carbocycles. The minimum atomic E-state index is -0.659. The first-order chi connectivity index (χ1) is 15.0. The number of rotatable bonds is 7. The summed E-state index contributed by atoms with van der Waals surface area (Å²) in [5, 5.41) is 3.88. The zero-order valence-electron chi connectivity index (χ0n) is 17.8. The van der Waals surface area contributed by atoms with E-state index in [1.54, 1.807) is 4.90 Å². The van der Waals surface area contributed by atoms with E-state index in [1.165, 1.54) is 6.92 Å². The van der Waals surface area contributed by atoms with Crippen LogP contribution in [0.4, 0.5) is 0 Å². The van der Waals surface area contributed by atoms with Gasteiger partial charge in [0.15, 0.2) is 17.6 Å². The van der Waals surface area contributed by atoms with Crippen LogP contribution in [0.3, 0.4) is 0 Å². The first-order valence-corrected chi connectivity index (χ1v) is 10.5. The van der Waals surface area contributed by atoms with Gasteiger partial charge in [-0.15, -0.1) is 0 Å². The molecule has 0 bridgehead atoms. The van der Waals surface area contributed by atoms with Crippen LogP contribution in [0, 0.1) is 0 Å². The average Bonchev–Trinajstić information content (AvgIpc) is 3.19. The third-order valence-corrected chi connectivity index (χ3v) is 5.46. The highest BCUT2D eigenvalue weighted by Gasteiger charge is 2.29. The van der Waals surface area contributed by atoms with Gasteiger partial charge in [-0.2, -0.15) is 0 Å². The molecule has 2 amide bonds. The fraction of sp³-hybridized carbons (Fsp3) is 0.333. The molecular weight excluding hydrogens is 394 g/mol. The molecule has 7 heteroatoms. The zero-order valence-corrected chi connectivity index (χ0v) is 17.8. The zero-order chi connectivity index (χ0) is 21.8. The van der Waals surface area contributed by atoms with Crippen LogP contribution in [-0.2, 0) is 16.0 Å². The van der Waals surface area contributed by atoms with Crippen molar-refractivity contribution in [1.29, 1.82) is 0 Å². The smallest absolute Gasteiger partial charge is 0.245 e. The minimum absolute atomic E-state index is 0.134. The number of aromatic amines is 1. The Labute approximate surface area is 181 Å². The maximum absolute atomic E-state index is 13.4. The molecule has 162 valence electrons. The molecule has 1 aromatic heterocycles. The van der Waals surface area contributed by atoms with Crippen LogP contribution >= 0.6 is 0 Å². The van der Waals surface area contributed by atoms with Crippen molar-refractivity contribution in [3.05, 3.63) is 60.3 Å². The van der Waals surface area contributed by atoms with Gasteiger partial charge >= 0.3 is 0 Å². The van der Waals surface area contributed by atoms with E-state index < -0.39 is 6.04 Å². The van der Waals surface area contributed by atoms with E-state index in [-0.39, 0.29) is 17.9 Å². The monoisotopic (exact) mass is 421 g/mol. The molecule has 0 saturated heterocycles. The molecule has 2 atom stereocenters. The molecule has 1 aliphatic heterocycles. The van der Waals surface area contributed by atoms with Crippen LogP contribution in [0.5, 0.6) is 11.5 Å². The van der Waals surface area contributed by atoms with Crippen molar-refractivity contribution in [1.82, 2.24) is 15.2 Å². The summed E-state index contributed by atoms with van der Waals surface area (Å²) in [6, 6.07) is 14.8. The molecule has 3 aromatic rings. The van der Waals surface area contributed by atoms with E-state index >= 15 is 0 Å². The fourth-order valence-electron chi connectivity index (χ4n) is 3.96. The summed E-state index contributed by atoms with van der Waals surface area (Å²) in [4.78, 5) is 30.2. The molecule has 0 radical (unpaired) electrons. The molecule has 0 fully saturated rings. The van der Waals surface area contributed by atoms with Crippen molar-refractivity contribution in [2.45, 2.75) is 32.4 Å². The van der Waals surface area contributed by atoms with Gasteiger partial charge in [0.25, 0.3) is 0 Å². The number of carbonyl (C=O) groups excluding carboxylic acids is 2. The lowest BCUT2D eigenvalue weighted by atomic mass is 10.0. The molecule has 2 heterocycles. The predicted molar refractivity (Wildman–Crippen MR) is 118 cm³/mol. The van der Waals surface area contributed by atoms with Gasteiger partial charge in [-0.25, -0.2) is 0 Å². The second-order valence-corrected chi connectivity index (χ2v) is 7.69. The number of aromatic nitrogens is 1. The summed E-state index contributed by atoms with van der Waals surface area (Å²) in [7, 11) is 0. The molecule has 2 N–H and O–H groups in total. The lowest BCUT2D eigenvalue weighted by Gasteiger charge is -2.32. The van der Waals surface area contributed by atoms with Crippen LogP contribution in [-0.4, -0.2) is 53.5 Å². The Morgan fingerprint density at radius 3 is 2.68 bits per heavy atom. The van der Waals surface area contributed by atoms with Crippen molar-refractivity contribution in [2.75, 3.05) is 19.7 Å². The predicted octanol–water partition coefficient (Wildman–Crippen LogP) is 2.90. The standard InChI is InChI=1S/C24H27N3O4/c1-3-27(14-18-15-30-22-10-6-7-11-23(22)31-18)24(29)21(26-16(2)28)12-17-13-25-20-9-5-4-8-19(17)20/h4-11,13,18,21,25H,3,12,14-15H2,1-2H3,(H,26,28)/t18-,21+/m1/s1. The largest absolute Gasteiger partial charge is 0.486 e. The Morgan fingerprint density at radius 1 is 1.16 bits per heavy atom. The average molecular weight is 421 g/mol. The van der Waals surface area contributed by atoms with Crippen LogP contribution in [0.25, 0.3) is 10.9 Å². The number of para-hydroxylation sites is 3. The highest BCUT2D eigenvalue weighted by atomic mass is 16.6.